The number of hydrogen-bond acceptors (Lipinski definition) is 7. The van der Waals surface area contributed by atoms with Gasteiger partial charge in [0.25, 0.3) is 0 Å². The van der Waals surface area contributed by atoms with Crippen LogP contribution in [0.5, 0.6) is 5.75 Å². The molecule has 7 nitrogen and oxygen atoms in total. The SMILES string of the molecule is C=CCn1c(COc2ccccc2)nnc1SCC(=O)Nc1nc(-c2ccc(Cl)cc2)cs1. The van der Waals surface area contributed by atoms with E-state index in [4.69, 9.17) is 16.3 Å². The van der Waals surface area contributed by atoms with Crippen molar-refractivity contribution in [2.24, 2.45) is 0 Å². The van der Waals surface area contributed by atoms with Gasteiger partial charge in [0.1, 0.15) is 12.4 Å². The van der Waals surface area contributed by atoms with Gasteiger partial charge in [-0.15, -0.1) is 28.1 Å². The van der Waals surface area contributed by atoms with Crippen LogP contribution in [-0.4, -0.2) is 31.4 Å². The molecule has 1 amide bonds. The number of para-hydroxylation sites is 1. The zero-order valence-corrected chi connectivity index (χ0v) is 19.9. The molecule has 0 aliphatic carbocycles. The van der Waals surface area contributed by atoms with E-state index in [1.54, 1.807) is 6.08 Å². The van der Waals surface area contributed by atoms with Crippen LogP contribution in [-0.2, 0) is 17.9 Å². The minimum Gasteiger partial charge on any atom is -0.486 e. The monoisotopic (exact) mass is 497 g/mol. The second-order valence-corrected chi connectivity index (χ2v) is 9.02. The lowest BCUT2D eigenvalue weighted by molar-refractivity contribution is -0.113. The standard InChI is InChI=1S/C23H20ClN5O2S2/c1-2-12-29-20(13-31-18-6-4-3-5-7-18)27-28-23(29)33-15-21(30)26-22-25-19(14-32-22)16-8-10-17(24)11-9-16/h2-11,14H,1,12-13,15H2,(H,25,26,30). The maximum Gasteiger partial charge on any atom is 0.236 e. The topological polar surface area (TPSA) is 81.9 Å². The van der Waals surface area contributed by atoms with Crippen molar-refractivity contribution in [3.63, 3.8) is 0 Å². The van der Waals surface area contributed by atoms with Gasteiger partial charge in [0.05, 0.1) is 11.4 Å². The molecule has 0 saturated heterocycles. The molecule has 0 spiro atoms. The minimum absolute atomic E-state index is 0.171. The van der Waals surface area contributed by atoms with Gasteiger partial charge < -0.3 is 10.1 Å². The van der Waals surface area contributed by atoms with Crippen molar-refractivity contribution >= 4 is 45.7 Å². The van der Waals surface area contributed by atoms with Gasteiger partial charge in [-0.25, -0.2) is 4.98 Å². The first-order valence-corrected chi connectivity index (χ1v) is 12.2. The van der Waals surface area contributed by atoms with Crippen LogP contribution in [0.15, 0.2) is 77.8 Å². The molecule has 2 heterocycles. The summed E-state index contributed by atoms with van der Waals surface area (Å²) in [5.41, 5.74) is 1.72. The predicted octanol–water partition coefficient (Wildman–Crippen LogP) is 5.55. The number of nitrogens with zero attached hydrogens (tertiary/aromatic N) is 4. The molecule has 4 aromatic rings. The number of carbonyl (C=O) groups excluding carboxylic acids is 1. The van der Waals surface area contributed by atoms with Gasteiger partial charge in [0.2, 0.25) is 5.91 Å². The summed E-state index contributed by atoms with van der Waals surface area (Å²) < 4.78 is 7.67. The van der Waals surface area contributed by atoms with Crippen LogP contribution >= 0.6 is 34.7 Å². The number of carbonyl (C=O) groups is 1. The highest BCUT2D eigenvalue weighted by atomic mass is 35.5. The number of allylic oxidation sites excluding steroid dienone is 1. The van der Waals surface area contributed by atoms with E-state index >= 15 is 0 Å². The van der Waals surface area contributed by atoms with Gasteiger partial charge in [-0.2, -0.15) is 0 Å². The molecule has 0 saturated carbocycles. The van der Waals surface area contributed by atoms with Gasteiger partial charge in [0.15, 0.2) is 16.1 Å². The lowest BCUT2D eigenvalue weighted by Gasteiger charge is -2.09. The first kappa shape index (κ1) is 23.0. The molecule has 4 rings (SSSR count). The van der Waals surface area contributed by atoms with Crippen molar-refractivity contribution in [3.8, 4) is 17.0 Å². The van der Waals surface area contributed by atoms with Crippen molar-refractivity contribution in [2.45, 2.75) is 18.3 Å². The molecule has 1 N–H and O–H groups in total. The van der Waals surface area contributed by atoms with Crippen molar-refractivity contribution < 1.29 is 9.53 Å². The lowest BCUT2D eigenvalue weighted by Crippen LogP contribution is -2.15. The fourth-order valence-electron chi connectivity index (χ4n) is 2.88. The van der Waals surface area contributed by atoms with E-state index in [0.717, 1.165) is 17.0 Å². The van der Waals surface area contributed by atoms with Crippen LogP contribution < -0.4 is 10.1 Å². The quantitative estimate of drug-likeness (QED) is 0.228. The molecular weight excluding hydrogens is 478 g/mol. The summed E-state index contributed by atoms with van der Waals surface area (Å²) in [6, 6.07) is 16.9. The highest BCUT2D eigenvalue weighted by Gasteiger charge is 2.15. The molecule has 0 radical (unpaired) electrons. The molecule has 0 aliphatic rings. The molecule has 2 aromatic heterocycles. The number of anilines is 1. The van der Waals surface area contributed by atoms with Gasteiger partial charge in [-0.05, 0) is 24.3 Å². The predicted molar refractivity (Wildman–Crippen MR) is 133 cm³/mol. The molecule has 0 aliphatic heterocycles. The second-order valence-electron chi connectivity index (χ2n) is 6.78. The zero-order chi connectivity index (χ0) is 23.0. The van der Waals surface area contributed by atoms with E-state index in [1.807, 2.05) is 64.5 Å². The third-order valence-corrected chi connectivity index (χ3v) is 6.42. The Bertz CT molecular complexity index is 1230. The molecule has 0 bridgehead atoms. The number of aromatic nitrogens is 4. The third-order valence-electron chi connectivity index (χ3n) is 4.44. The molecule has 33 heavy (non-hydrogen) atoms. The Morgan fingerprint density at radius 3 is 2.73 bits per heavy atom. The number of benzene rings is 2. The Morgan fingerprint density at radius 1 is 1.18 bits per heavy atom. The Balaban J connectivity index is 1.34. The Morgan fingerprint density at radius 2 is 1.97 bits per heavy atom. The first-order valence-electron chi connectivity index (χ1n) is 9.97. The summed E-state index contributed by atoms with van der Waals surface area (Å²) >= 11 is 8.60. The number of halogens is 1. The number of thiazole rings is 1. The van der Waals surface area contributed by atoms with Crippen molar-refractivity contribution in [3.05, 3.63) is 83.5 Å². The Hall–Kier alpha value is -3.14. The van der Waals surface area contributed by atoms with E-state index in [1.165, 1.54) is 23.1 Å². The van der Waals surface area contributed by atoms with E-state index in [2.05, 4.69) is 27.1 Å². The first-order chi connectivity index (χ1) is 16.1. The minimum atomic E-state index is -0.174. The smallest absolute Gasteiger partial charge is 0.236 e. The summed E-state index contributed by atoms with van der Waals surface area (Å²) in [7, 11) is 0. The summed E-state index contributed by atoms with van der Waals surface area (Å²) in [5, 5.41) is 15.0. The molecule has 10 heteroatoms. The Kier molecular flexibility index (Phi) is 7.77. The fraction of sp³-hybridized carbons (Fsp3) is 0.130. The van der Waals surface area contributed by atoms with Crippen LogP contribution in [0.25, 0.3) is 11.3 Å². The van der Waals surface area contributed by atoms with E-state index in [9.17, 15) is 4.79 Å². The van der Waals surface area contributed by atoms with Crippen LogP contribution in [0.3, 0.4) is 0 Å². The largest absolute Gasteiger partial charge is 0.486 e. The zero-order valence-electron chi connectivity index (χ0n) is 17.5. The van der Waals surface area contributed by atoms with Gasteiger partial charge in [-0.3, -0.25) is 9.36 Å². The average molecular weight is 498 g/mol. The van der Waals surface area contributed by atoms with Crippen LogP contribution in [0.2, 0.25) is 5.02 Å². The van der Waals surface area contributed by atoms with E-state index in [0.29, 0.717) is 27.7 Å². The molecule has 2 aromatic carbocycles. The van der Waals surface area contributed by atoms with Gasteiger partial charge >= 0.3 is 0 Å². The van der Waals surface area contributed by atoms with Crippen LogP contribution in [0, 0.1) is 0 Å². The number of thioether (sulfide) groups is 1. The van der Waals surface area contributed by atoms with E-state index in [-0.39, 0.29) is 18.3 Å². The highest BCUT2D eigenvalue weighted by molar-refractivity contribution is 7.99. The van der Waals surface area contributed by atoms with Crippen molar-refractivity contribution in [1.82, 2.24) is 19.7 Å². The Labute approximate surface area is 204 Å². The van der Waals surface area contributed by atoms with Crippen LogP contribution in [0.4, 0.5) is 5.13 Å². The van der Waals surface area contributed by atoms with Crippen molar-refractivity contribution in [1.29, 1.82) is 0 Å². The number of rotatable bonds is 10. The highest BCUT2D eigenvalue weighted by Crippen LogP contribution is 2.26. The van der Waals surface area contributed by atoms with Crippen molar-refractivity contribution in [2.75, 3.05) is 11.1 Å². The summed E-state index contributed by atoms with van der Waals surface area (Å²) in [4.78, 5) is 17.0. The fourth-order valence-corrected chi connectivity index (χ4v) is 4.51. The molecule has 0 unspecified atom stereocenters. The molecular formula is C23H20ClN5O2S2. The summed E-state index contributed by atoms with van der Waals surface area (Å²) in [5.74, 6) is 1.41. The van der Waals surface area contributed by atoms with Gasteiger partial charge in [0, 0.05) is 22.5 Å². The normalized spacial score (nSPS) is 10.7. The molecule has 0 fully saturated rings. The summed E-state index contributed by atoms with van der Waals surface area (Å²) in [6.45, 7) is 4.58. The number of amides is 1. The molecule has 168 valence electrons. The third kappa shape index (κ3) is 6.22. The maximum atomic E-state index is 12.5. The number of ether oxygens (including phenoxy) is 1. The second kappa shape index (κ2) is 11.1. The lowest BCUT2D eigenvalue weighted by atomic mass is 10.2. The maximum absolute atomic E-state index is 12.5. The number of nitrogens with one attached hydrogen (secondary N) is 1. The van der Waals surface area contributed by atoms with Gasteiger partial charge in [-0.1, -0.05) is 59.8 Å². The summed E-state index contributed by atoms with van der Waals surface area (Å²) in [6.07, 6.45) is 1.76. The number of hydrogen-bond donors (Lipinski definition) is 1. The van der Waals surface area contributed by atoms with Crippen LogP contribution in [0.1, 0.15) is 5.82 Å². The van der Waals surface area contributed by atoms with E-state index < -0.39 is 0 Å². The molecule has 0 atom stereocenters. The average Bonchev–Trinajstić information content (AvgIpc) is 3.45.